The fraction of sp³-hybridized carbons (Fsp3) is 0.185. The molecule has 0 aliphatic carbocycles. The predicted molar refractivity (Wildman–Crippen MR) is 129 cm³/mol. The number of carbonyl (C=O) groups is 1. The van der Waals surface area contributed by atoms with Gasteiger partial charge in [-0.15, -0.1) is 0 Å². The second-order valence-corrected chi connectivity index (χ2v) is 7.56. The first-order chi connectivity index (χ1) is 16.6. The number of hydrogen-bond donors (Lipinski definition) is 1. The Morgan fingerprint density at radius 1 is 1.09 bits per heavy atom. The van der Waals surface area contributed by atoms with Crippen molar-refractivity contribution in [2.24, 2.45) is 0 Å². The molecule has 0 unspecified atom stereocenters. The molecular weight excluding hydrogens is 433 g/mol. The van der Waals surface area contributed by atoms with E-state index in [9.17, 15) is 14.4 Å². The van der Waals surface area contributed by atoms with Crippen LogP contribution >= 0.6 is 0 Å². The molecule has 0 bridgehead atoms. The summed E-state index contributed by atoms with van der Waals surface area (Å²) in [5.74, 6) is 0.557. The predicted octanol–water partition coefficient (Wildman–Crippen LogP) is 6.30. The number of nitriles is 1. The number of fused-ring (bicyclic) bond motifs is 1. The van der Waals surface area contributed by atoms with Crippen LogP contribution in [0.1, 0.15) is 18.1 Å². The Kier molecular flexibility index (Phi) is 7.09. The van der Waals surface area contributed by atoms with Gasteiger partial charge in [0, 0.05) is 23.7 Å². The smallest absolute Gasteiger partial charge is 0.411 e. The van der Waals surface area contributed by atoms with Gasteiger partial charge < -0.3 is 14.0 Å². The summed E-state index contributed by atoms with van der Waals surface area (Å²) in [7, 11) is 0. The average Bonchev–Trinajstić information content (AvgIpc) is 3.20. The summed E-state index contributed by atoms with van der Waals surface area (Å²) < 4.78 is 25.2. The standard InChI is InChI=1S/C27H24FN3O3/c1-2-31-25-16-22(33-15-14-28)12-13-23(25)24(17-29)26(31)20-8-10-21(11-9-20)30-27(32)34-18-19-6-4-3-5-7-19/h3-13,16H,2,14-15,18H2,1H3,(H,30,32). The molecule has 0 saturated heterocycles. The number of aryl methyl sites for hydroxylation is 1. The zero-order chi connectivity index (χ0) is 23.9. The van der Waals surface area contributed by atoms with E-state index in [1.54, 1.807) is 18.2 Å². The molecule has 0 aliphatic heterocycles. The Bertz CT molecular complexity index is 1330. The average molecular weight is 458 g/mol. The van der Waals surface area contributed by atoms with E-state index in [4.69, 9.17) is 9.47 Å². The normalized spacial score (nSPS) is 10.6. The summed E-state index contributed by atoms with van der Waals surface area (Å²) in [4.78, 5) is 12.2. The van der Waals surface area contributed by atoms with Crippen LogP contribution in [0.4, 0.5) is 14.9 Å². The molecule has 0 saturated carbocycles. The summed E-state index contributed by atoms with van der Waals surface area (Å²) in [5, 5.41) is 13.4. The van der Waals surface area contributed by atoms with Crippen LogP contribution in [0.15, 0.2) is 72.8 Å². The number of amides is 1. The summed E-state index contributed by atoms with van der Waals surface area (Å²) >= 11 is 0. The van der Waals surface area contributed by atoms with E-state index in [2.05, 4.69) is 11.4 Å². The molecular formula is C27H24FN3O3. The van der Waals surface area contributed by atoms with E-state index in [0.29, 0.717) is 23.5 Å². The highest BCUT2D eigenvalue weighted by atomic mass is 19.1. The van der Waals surface area contributed by atoms with E-state index in [-0.39, 0.29) is 13.2 Å². The Hall–Kier alpha value is -4.31. The molecule has 4 aromatic rings. The summed E-state index contributed by atoms with van der Waals surface area (Å²) in [6.45, 7) is 2.23. The summed E-state index contributed by atoms with van der Waals surface area (Å²) in [5.41, 5.74) is 4.50. The maximum Gasteiger partial charge on any atom is 0.411 e. The van der Waals surface area contributed by atoms with Crippen molar-refractivity contribution in [1.82, 2.24) is 4.57 Å². The fourth-order valence-electron chi connectivity index (χ4n) is 3.91. The third kappa shape index (κ3) is 4.86. The topological polar surface area (TPSA) is 76.3 Å². The van der Waals surface area contributed by atoms with Crippen molar-refractivity contribution >= 4 is 22.7 Å². The molecule has 0 fully saturated rings. The number of anilines is 1. The van der Waals surface area contributed by atoms with Gasteiger partial charge in [-0.2, -0.15) is 5.26 Å². The SMILES string of the molecule is CCn1c(-c2ccc(NC(=O)OCc3ccccc3)cc2)c(C#N)c2ccc(OCCF)cc21. The lowest BCUT2D eigenvalue weighted by Crippen LogP contribution is -2.13. The zero-order valence-corrected chi connectivity index (χ0v) is 18.8. The second-order valence-electron chi connectivity index (χ2n) is 7.56. The van der Waals surface area contributed by atoms with Crippen molar-refractivity contribution in [3.8, 4) is 23.1 Å². The molecule has 172 valence electrons. The minimum atomic E-state index is -0.568. The highest BCUT2D eigenvalue weighted by Crippen LogP contribution is 2.35. The van der Waals surface area contributed by atoms with Crippen molar-refractivity contribution in [2.75, 3.05) is 18.6 Å². The van der Waals surface area contributed by atoms with Crippen LogP contribution in [0.2, 0.25) is 0 Å². The molecule has 0 radical (unpaired) electrons. The maximum atomic E-state index is 12.5. The van der Waals surface area contributed by atoms with Crippen molar-refractivity contribution in [2.45, 2.75) is 20.1 Å². The largest absolute Gasteiger partial charge is 0.491 e. The van der Waals surface area contributed by atoms with Gasteiger partial charge in [0.05, 0.1) is 16.8 Å². The molecule has 0 aliphatic rings. The molecule has 7 heteroatoms. The van der Waals surface area contributed by atoms with E-state index < -0.39 is 12.8 Å². The monoisotopic (exact) mass is 457 g/mol. The number of carbonyl (C=O) groups excluding carboxylic acids is 1. The van der Waals surface area contributed by atoms with Gasteiger partial charge in [-0.3, -0.25) is 5.32 Å². The van der Waals surface area contributed by atoms with Crippen molar-refractivity contribution in [3.05, 3.63) is 83.9 Å². The highest BCUT2D eigenvalue weighted by molar-refractivity contribution is 5.95. The summed E-state index contributed by atoms with van der Waals surface area (Å²) in [6.07, 6.45) is -0.544. The Labute approximate surface area is 197 Å². The van der Waals surface area contributed by atoms with Crippen LogP contribution in [-0.4, -0.2) is 23.9 Å². The van der Waals surface area contributed by atoms with E-state index in [1.165, 1.54) is 0 Å². The molecule has 4 rings (SSSR count). The first-order valence-electron chi connectivity index (χ1n) is 11.0. The van der Waals surface area contributed by atoms with Crippen molar-refractivity contribution < 1.29 is 18.7 Å². The van der Waals surface area contributed by atoms with E-state index in [1.807, 2.05) is 66.1 Å². The number of aromatic nitrogens is 1. The second kappa shape index (κ2) is 10.5. The Morgan fingerprint density at radius 2 is 1.85 bits per heavy atom. The summed E-state index contributed by atoms with van der Waals surface area (Å²) in [6, 6.07) is 24.4. The van der Waals surface area contributed by atoms with Gasteiger partial charge in [0.2, 0.25) is 0 Å². The minimum Gasteiger partial charge on any atom is -0.491 e. The van der Waals surface area contributed by atoms with Crippen molar-refractivity contribution in [3.63, 3.8) is 0 Å². The van der Waals surface area contributed by atoms with Crippen molar-refractivity contribution in [1.29, 1.82) is 5.26 Å². The number of alkyl halides is 1. The number of hydrogen-bond acceptors (Lipinski definition) is 4. The van der Waals surface area contributed by atoms with Crippen LogP contribution in [-0.2, 0) is 17.9 Å². The van der Waals surface area contributed by atoms with Crippen LogP contribution in [0.5, 0.6) is 5.75 Å². The molecule has 3 aromatic carbocycles. The molecule has 1 N–H and O–H groups in total. The lowest BCUT2D eigenvalue weighted by Gasteiger charge is -2.11. The number of halogens is 1. The zero-order valence-electron chi connectivity index (χ0n) is 18.8. The van der Waals surface area contributed by atoms with E-state index in [0.717, 1.165) is 27.7 Å². The molecule has 1 heterocycles. The highest BCUT2D eigenvalue weighted by Gasteiger charge is 2.18. The molecule has 34 heavy (non-hydrogen) atoms. The minimum absolute atomic E-state index is 0.0153. The third-order valence-corrected chi connectivity index (χ3v) is 5.43. The lowest BCUT2D eigenvalue weighted by atomic mass is 10.1. The van der Waals surface area contributed by atoms with Gasteiger partial charge >= 0.3 is 6.09 Å². The first kappa shape index (κ1) is 22.9. The number of ether oxygens (including phenoxy) is 2. The Balaban J connectivity index is 1.56. The molecule has 6 nitrogen and oxygen atoms in total. The fourth-order valence-corrected chi connectivity index (χ4v) is 3.91. The number of rotatable bonds is 8. The maximum absolute atomic E-state index is 12.5. The number of nitrogens with one attached hydrogen (secondary N) is 1. The van der Waals surface area contributed by atoms with Gasteiger partial charge in [-0.1, -0.05) is 42.5 Å². The van der Waals surface area contributed by atoms with Crippen LogP contribution in [0, 0.1) is 11.3 Å². The molecule has 0 spiro atoms. The Morgan fingerprint density at radius 3 is 2.53 bits per heavy atom. The van der Waals surface area contributed by atoms with Crippen LogP contribution in [0.3, 0.4) is 0 Å². The molecule has 1 aromatic heterocycles. The molecule has 0 atom stereocenters. The van der Waals surface area contributed by atoms with Gasteiger partial charge in [0.25, 0.3) is 0 Å². The van der Waals surface area contributed by atoms with Gasteiger partial charge in [-0.25, -0.2) is 9.18 Å². The van der Waals surface area contributed by atoms with E-state index >= 15 is 0 Å². The van der Waals surface area contributed by atoms with Gasteiger partial charge in [0.1, 0.15) is 31.7 Å². The molecule has 1 amide bonds. The first-order valence-corrected chi connectivity index (χ1v) is 11.0. The number of nitrogens with zero attached hydrogens (tertiary/aromatic N) is 2. The third-order valence-electron chi connectivity index (χ3n) is 5.43. The van der Waals surface area contributed by atoms with Gasteiger partial charge in [0.15, 0.2) is 0 Å². The number of benzene rings is 3. The van der Waals surface area contributed by atoms with Crippen LogP contribution in [0.25, 0.3) is 22.2 Å². The quantitative estimate of drug-likeness (QED) is 0.337. The van der Waals surface area contributed by atoms with Gasteiger partial charge in [-0.05, 0) is 42.3 Å². The lowest BCUT2D eigenvalue weighted by molar-refractivity contribution is 0.155. The van der Waals surface area contributed by atoms with Crippen LogP contribution < -0.4 is 10.1 Å².